The lowest BCUT2D eigenvalue weighted by Crippen LogP contribution is -2.33. The maximum absolute atomic E-state index is 12.1. The highest BCUT2D eigenvalue weighted by molar-refractivity contribution is 7.89. The van der Waals surface area contributed by atoms with Gasteiger partial charge in [0.2, 0.25) is 0 Å². The van der Waals surface area contributed by atoms with E-state index in [4.69, 9.17) is 5.73 Å². The molecule has 5 nitrogen and oxygen atoms in total. The average molecular weight is 283 g/mol. The minimum absolute atomic E-state index is 0.0595. The molecule has 6 heteroatoms. The van der Waals surface area contributed by atoms with Gasteiger partial charge in [-0.2, -0.15) is 0 Å². The van der Waals surface area contributed by atoms with E-state index in [1.807, 2.05) is 0 Å². The van der Waals surface area contributed by atoms with Gasteiger partial charge in [-0.1, -0.05) is 19.9 Å². The summed E-state index contributed by atoms with van der Waals surface area (Å²) in [6.45, 7) is 5.12. The predicted molar refractivity (Wildman–Crippen MR) is 73.8 cm³/mol. The Morgan fingerprint density at radius 3 is 2.53 bits per heavy atom. The van der Waals surface area contributed by atoms with Crippen molar-refractivity contribution >= 4 is 10.0 Å². The number of sulfonamides is 1. The van der Waals surface area contributed by atoms with E-state index >= 15 is 0 Å². The molecule has 1 heterocycles. The zero-order chi connectivity index (χ0) is 14.1. The zero-order valence-corrected chi connectivity index (χ0v) is 12.2. The van der Waals surface area contributed by atoms with Crippen LogP contribution in [0.5, 0.6) is 0 Å². The Bertz CT molecular complexity index is 534. The van der Waals surface area contributed by atoms with Crippen LogP contribution in [0.1, 0.15) is 32.3 Å². The van der Waals surface area contributed by atoms with E-state index in [0.717, 1.165) is 18.4 Å². The molecular weight excluding hydrogens is 262 g/mol. The molecule has 0 aliphatic heterocycles. The molecule has 0 bridgehead atoms. The molecule has 0 aromatic carbocycles. The molecule has 19 heavy (non-hydrogen) atoms. The van der Waals surface area contributed by atoms with Crippen molar-refractivity contribution in [2.45, 2.75) is 38.3 Å². The largest absolute Gasteiger partial charge is 0.326 e. The van der Waals surface area contributed by atoms with Crippen LogP contribution in [0.4, 0.5) is 0 Å². The highest BCUT2D eigenvalue weighted by Crippen LogP contribution is 2.51. The minimum atomic E-state index is -3.51. The van der Waals surface area contributed by atoms with Gasteiger partial charge in [0.1, 0.15) is 0 Å². The van der Waals surface area contributed by atoms with Gasteiger partial charge in [0.15, 0.2) is 5.03 Å². The summed E-state index contributed by atoms with van der Waals surface area (Å²) in [5.74, 6) is 0.489. The minimum Gasteiger partial charge on any atom is -0.326 e. The summed E-state index contributed by atoms with van der Waals surface area (Å²) in [5, 5.41) is 0.0595. The molecule has 0 unspecified atom stereocenters. The monoisotopic (exact) mass is 283 g/mol. The number of rotatable bonds is 6. The fraction of sp³-hybridized carbons (Fsp3) is 0.615. The van der Waals surface area contributed by atoms with Crippen molar-refractivity contribution in [1.82, 2.24) is 9.71 Å². The fourth-order valence-electron chi connectivity index (χ4n) is 2.12. The molecular formula is C13H21N3O2S. The van der Waals surface area contributed by atoms with Gasteiger partial charge in [0.25, 0.3) is 10.0 Å². The van der Waals surface area contributed by atoms with E-state index < -0.39 is 10.0 Å². The first kappa shape index (κ1) is 14.4. The van der Waals surface area contributed by atoms with Crippen molar-refractivity contribution in [3.63, 3.8) is 0 Å². The molecule has 1 fully saturated rings. The van der Waals surface area contributed by atoms with E-state index in [9.17, 15) is 8.42 Å². The molecule has 0 saturated heterocycles. The number of nitrogens with one attached hydrogen (secondary N) is 1. The molecule has 3 N–H and O–H groups in total. The Hall–Kier alpha value is -0.980. The van der Waals surface area contributed by atoms with Crippen LogP contribution in [-0.2, 0) is 16.6 Å². The predicted octanol–water partition coefficient (Wildman–Crippen LogP) is 1.25. The highest BCUT2D eigenvalue weighted by Gasteiger charge is 2.45. The number of hydrogen-bond acceptors (Lipinski definition) is 4. The standard InChI is InChI=1S/C13H21N3O2S/c1-10(2)13(5-6-13)9-16-19(17,18)12-4-3-11(7-14)8-15-12/h3-4,8,10,16H,5-7,9,14H2,1-2H3. The summed E-state index contributed by atoms with van der Waals surface area (Å²) in [6.07, 6.45) is 3.68. The first-order chi connectivity index (χ1) is 8.89. The van der Waals surface area contributed by atoms with Crippen LogP contribution in [0.15, 0.2) is 23.4 Å². The summed E-state index contributed by atoms with van der Waals surface area (Å²) in [7, 11) is -3.51. The van der Waals surface area contributed by atoms with E-state index in [-0.39, 0.29) is 10.4 Å². The number of nitrogens with zero attached hydrogens (tertiary/aromatic N) is 1. The van der Waals surface area contributed by atoms with Crippen LogP contribution >= 0.6 is 0 Å². The van der Waals surface area contributed by atoms with Gasteiger partial charge in [-0.15, -0.1) is 0 Å². The van der Waals surface area contributed by atoms with E-state index in [0.29, 0.717) is 19.0 Å². The molecule has 1 saturated carbocycles. The summed E-state index contributed by atoms with van der Waals surface area (Å²) in [5.41, 5.74) is 6.42. The second-order valence-corrected chi connectivity index (χ2v) is 7.26. The van der Waals surface area contributed by atoms with Crippen LogP contribution in [0.25, 0.3) is 0 Å². The second kappa shape index (κ2) is 5.19. The molecule has 0 spiro atoms. The van der Waals surface area contributed by atoms with Gasteiger partial charge in [0.05, 0.1) is 0 Å². The average Bonchev–Trinajstić information content (AvgIpc) is 3.18. The Morgan fingerprint density at radius 1 is 1.42 bits per heavy atom. The third-order valence-corrected chi connectivity index (χ3v) is 5.36. The van der Waals surface area contributed by atoms with E-state index in [1.165, 1.54) is 12.3 Å². The van der Waals surface area contributed by atoms with Crippen molar-refractivity contribution < 1.29 is 8.42 Å². The molecule has 0 atom stereocenters. The van der Waals surface area contributed by atoms with E-state index in [2.05, 4.69) is 23.6 Å². The second-order valence-electron chi connectivity index (χ2n) is 5.55. The summed E-state index contributed by atoms with van der Waals surface area (Å²) >= 11 is 0. The van der Waals surface area contributed by atoms with Crippen LogP contribution in [0.3, 0.4) is 0 Å². The molecule has 1 aliphatic carbocycles. The van der Waals surface area contributed by atoms with Gasteiger partial charge in [-0.05, 0) is 35.8 Å². The van der Waals surface area contributed by atoms with Gasteiger partial charge < -0.3 is 5.73 Å². The first-order valence-electron chi connectivity index (χ1n) is 6.54. The van der Waals surface area contributed by atoms with Crippen molar-refractivity contribution in [3.8, 4) is 0 Å². The Labute approximate surface area is 114 Å². The number of nitrogens with two attached hydrogens (primary N) is 1. The lowest BCUT2D eigenvalue weighted by atomic mass is 9.93. The smallest absolute Gasteiger partial charge is 0.258 e. The Morgan fingerprint density at radius 2 is 2.11 bits per heavy atom. The van der Waals surface area contributed by atoms with E-state index in [1.54, 1.807) is 6.07 Å². The van der Waals surface area contributed by atoms with Gasteiger partial charge in [-0.25, -0.2) is 18.1 Å². The van der Waals surface area contributed by atoms with Crippen molar-refractivity contribution in [2.75, 3.05) is 6.54 Å². The molecule has 106 valence electrons. The quantitative estimate of drug-likeness (QED) is 0.823. The molecule has 0 radical (unpaired) electrons. The van der Waals surface area contributed by atoms with Crippen molar-refractivity contribution in [3.05, 3.63) is 23.9 Å². The van der Waals surface area contributed by atoms with Gasteiger partial charge in [0, 0.05) is 19.3 Å². The molecule has 1 aromatic rings. The summed E-state index contributed by atoms with van der Waals surface area (Å²) in [4.78, 5) is 3.96. The maximum atomic E-state index is 12.1. The molecule has 0 amide bonds. The van der Waals surface area contributed by atoms with Crippen LogP contribution in [-0.4, -0.2) is 19.9 Å². The lowest BCUT2D eigenvalue weighted by Gasteiger charge is -2.19. The third kappa shape index (κ3) is 3.13. The number of hydrogen-bond donors (Lipinski definition) is 2. The lowest BCUT2D eigenvalue weighted by molar-refractivity contribution is 0.357. The van der Waals surface area contributed by atoms with Gasteiger partial charge in [-0.3, -0.25) is 0 Å². The van der Waals surface area contributed by atoms with Crippen molar-refractivity contribution in [2.24, 2.45) is 17.1 Å². The Kier molecular flexibility index (Phi) is 3.94. The Balaban J connectivity index is 2.06. The maximum Gasteiger partial charge on any atom is 0.258 e. The number of pyridine rings is 1. The normalized spacial score (nSPS) is 17.7. The summed E-state index contributed by atoms with van der Waals surface area (Å²) < 4.78 is 26.9. The van der Waals surface area contributed by atoms with Crippen LogP contribution in [0.2, 0.25) is 0 Å². The molecule has 1 aromatic heterocycles. The van der Waals surface area contributed by atoms with Crippen LogP contribution in [0, 0.1) is 11.3 Å². The first-order valence-corrected chi connectivity index (χ1v) is 8.03. The number of aromatic nitrogens is 1. The van der Waals surface area contributed by atoms with Gasteiger partial charge >= 0.3 is 0 Å². The fourth-order valence-corrected chi connectivity index (χ4v) is 3.19. The molecule has 2 rings (SSSR count). The highest BCUT2D eigenvalue weighted by atomic mass is 32.2. The molecule has 1 aliphatic rings. The zero-order valence-electron chi connectivity index (χ0n) is 11.4. The SMILES string of the molecule is CC(C)C1(CNS(=O)(=O)c2ccc(CN)cn2)CC1. The van der Waals surface area contributed by atoms with Crippen molar-refractivity contribution in [1.29, 1.82) is 0 Å². The third-order valence-electron chi connectivity index (χ3n) is 4.04. The van der Waals surface area contributed by atoms with Crippen LogP contribution < -0.4 is 10.5 Å². The summed E-state index contributed by atoms with van der Waals surface area (Å²) in [6, 6.07) is 3.19. The topological polar surface area (TPSA) is 85.1 Å².